The zero-order chi connectivity index (χ0) is 11.2. The van der Waals surface area contributed by atoms with Crippen LogP contribution in [-0.2, 0) is 0 Å². The summed E-state index contributed by atoms with van der Waals surface area (Å²) in [6, 6.07) is 2.11. The summed E-state index contributed by atoms with van der Waals surface area (Å²) < 4.78 is 0. The van der Waals surface area contributed by atoms with Crippen LogP contribution in [0.2, 0.25) is 0 Å². The zero-order valence-electron chi connectivity index (χ0n) is 9.65. The molecule has 0 saturated carbocycles. The van der Waals surface area contributed by atoms with Gasteiger partial charge in [-0.25, -0.2) is 0 Å². The van der Waals surface area contributed by atoms with Crippen LogP contribution in [0.5, 0.6) is 0 Å². The lowest BCUT2D eigenvalue weighted by Crippen LogP contribution is -1.69. The van der Waals surface area contributed by atoms with E-state index >= 15 is 0 Å². The second-order valence-electron chi connectivity index (χ2n) is 3.43. The predicted octanol–water partition coefficient (Wildman–Crippen LogP) is 4.54. The monoisotopic (exact) mass is 203 g/mol. The number of rotatable bonds is 8. The lowest BCUT2D eigenvalue weighted by atomic mass is 10.2. The first-order valence-corrected chi connectivity index (χ1v) is 5.77. The first-order chi connectivity index (χ1) is 7.41. The molecule has 0 rings (SSSR count). The van der Waals surface area contributed by atoms with Crippen LogP contribution >= 0.6 is 0 Å². The topological polar surface area (TPSA) is 23.8 Å². The molecule has 0 fully saturated rings. The molecule has 0 aliphatic heterocycles. The predicted molar refractivity (Wildman–Crippen MR) is 66.4 cm³/mol. The summed E-state index contributed by atoms with van der Waals surface area (Å²) in [5, 5.41) is 8.30. The molecule has 1 nitrogen and oxygen atoms in total. The van der Waals surface area contributed by atoms with Crippen molar-refractivity contribution in [3.05, 3.63) is 36.5 Å². The smallest absolute Gasteiger partial charge is 0.0625 e. The molecule has 0 saturated heterocycles. The summed E-state index contributed by atoms with van der Waals surface area (Å²) in [6.45, 7) is 2.22. The van der Waals surface area contributed by atoms with Gasteiger partial charge < -0.3 is 0 Å². The number of hydrogen-bond donors (Lipinski definition) is 0. The largest absolute Gasteiger partial charge is 0.198 e. The highest BCUT2D eigenvalue weighted by Crippen LogP contribution is 1.99. The van der Waals surface area contributed by atoms with Gasteiger partial charge >= 0.3 is 0 Å². The van der Waals surface area contributed by atoms with Gasteiger partial charge in [0.25, 0.3) is 0 Å². The second kappa shape index (κ2) is 12.7. The van der Waals surface area contributed by atoms with Crippen molar-refractivity contribution < 1.29 is 0 Å². The molecule has 0 N–H and O–H groups in total. The van der Waals surface area contributed by atoms with Gasteiger partial charge in [0.2, 0.25) is 0 Å². The van der Waals surface area contributed by atoms with E-state index in [1.165, 1.54) is 25.7 Å². The van der Waals surface area contributed by atoms with E-state index in [4.69, 9.17) is 5.26 Å². The Labute approximate surface area is 93.8 Å². The molecular weight excluding hydrogens is 182 g/mol. The van der Waals surface area contributed by atoms with Gasteiger partial charge in [-0.1, -0.05) is 56.2 Å². The molecule has 15 heavy (non-hydrogen) atoms. The Kier molecular flexibility index (Phi) is 11.6. The van der Waals surface area contributed by atoms with Crippen LogP contribution in [0.15, 0.2) is 36.5 Å². The Bertz CT molecular complexity index is 241. The molecule has 0 unspecified atom stereocenters. The minimum Gasteiger partial charge on any atom is -0.198 e. The molecule has 82 valence electrons. The van der Waals surface area contributed by atoms with Crippen LogP contribution in [-0.4, -0.2) is 0 Å². The van der Waals surface area contributed by atoms with Crippen molar-refractivity contribution in [3.8, 4) is 6.07 Å². The average molecular weight is 203 g/mol. The normalized spacial score (nSPS) is 11.7. The van der Waals surface area contributed by atoms with Crippen molar-refractivity contribution in [2.45, 2.75) is 45.4 Å². The summed E-state index contributed by atoms with van der Waals surface area (Å²) in [6.07, 6.45) is 18.9. The molecular formula is C14H21N. The fourth-order valence-corrected chi connectivity index (χ4v) is 1.14. The molecule has 0 atom stereocenters. The number of allylic oxidation sites excluding steroid dienone is 6. The van der Waals surface area contributed by atoms with Crippen LogP contribution < -0.4 is 0 Å². The molecule has 0 aromatic heterocycles. The third-order valence-electron chi connectivity index (χ3n) is 2.00. The van der Waals surface area contributed by atoms with E-state index in [0.29, 0.717) is 6.42 Å². The first-order valence-electron chi connectivity index (χ1n) is 5.77. The fraction of sp³-hybridized carbons (Fsp3) is 0.500. The molecule has 0 aliphatic rings. The van der Waals surface area contributed by atoms with Gasteiger partial charge in [-0.15, -0.1) is 0 Å². The van der Waals surface area contributed by atoms with Gasteiger partial charge in [0, 0.05) is 6.42 Å². The van der Waals surface area contributed by atoms with E-state index < -0.39 is 0 Å². The quantitative estimate of drug-likeness (QED) is 0.419. The summed E-state index contributed by atoms with van der Waals surface area (Å²) >= 11 is 0. The summed E-state index contributed by atoms with van der Waals surface area (Å²) in [7, 11) is 0. The van der Waals surface area contributed by atoms with Crippen LogP contribution in [0.25, 0.3) is 0 Å². The fourth-order valence-electron chi connectivity index (χ4n) is 1.14. The molecule has 0 bridgehead atoms. The van der Waals surface area contributed by atoms with Gasteiger partial charge in [0.1, 0.15) is 0 Å². The summed E-state index contributed by atoms with van der Waals surface area (Å²) in [4.78, 5) is 0. The lowest BCUT2D eigenvalue weighted by Gasteiger charge is -1.89. The maximum atomic E-state index is 8.30. The molecule has 0 spiro atoms. The van der Waals surface area contributed by atoms with Crippen molar-refractivity contribution in [2.24, 2.45) is 0 Å². The third-order valence-corrected chi connectivity index (χ3v) is 2.00. The lowest BCUT2D eigenvalue weighted by molar-refractivity contribution is 0.729. The third kappa shape index (κ3) is 12.7. The van der Waals surface area contributed by atoms with Crippen LogP contribution in [0.3, 0.4) is 0 Å². The van der Waals surface area contributed by atoms with Gasteiger partial charge in [0.05, 0.1) is 6.07 Å². The minimum absolute atomic E-state index is 0.608. The molecule has 0 aromatic rings. The summed E-state index contributed by atoms with van der Waals surface area (Å²) in [5.74, 6) is 0. The first kappa shape index (κ1) is 13.7. The SMILES string of the molecule is CCCCC/C=C/C=C/C=C/CCC#N. The van der Waals surface area contributed by atoms with E-state index in [2.05, 4.69) is 25.1 Å². The van der Waals surface area contributed by atoms with Gasteiger partial charge in [-0.05, 0) is 19.3 Å². The van der Waals surface area contributed by atoms with E-state index in [-0.39, 0.29) is 0 Å². The standard InChI is InChI=1S/C14H21N/c1-2-3-4-5-6-7-8-9-10-11-12-13-14-15/h6-11H,2-5,12-13H2,1H3/b7-6+,9-8+,11-10+. The van der Waals surface area contributed by atoms with Crippen molar-refractivity contribution in [3.63, 3.8) is 0 Å². The highest BCUT2D eigenvalue weighted by molar-refractivity contribution is 5.11. The molecule has 0 heterocycles. The van der Waals surface area contributed by atoms with Crippen molar-refractivity contribution in [2.75, 3.05) is 0 Å². The Balaban J connectivity index is 3.37. The van der Waals surface area contributed by atoms with Crippen LogP contribution in [0.1, 0.15) is 45.4 Å². The van der Waals surface area contributed by atoms with Crippen molar-refractivity contribution >= 4 is 0 Å². The number of hydrogen-bond acceptors (Lipinski definition) is 1. The van der Waals surface area contributed by atoms with Crippen LogP contribution in [0, 0.1) is 11.3 Å². The molecule has 0 aromatic carbocycles. The second-order valence-corrected chi connectivity index (χ2v) is 3.43. The Hall–Kier alpha value is -1.29. The molecule has 0 aliphatic carbocycles. The maximum Gasteiger partial charge on any atom is 0.0625 e. The molecule has 0 amide bonds. The number of nitriles is 1. The zero-order valence-corrected chi connectivity index (χ0v) is 9.65. The Morgan fingerprint density at radius 3 is 2.20 bits per heavy atom. The van der Waals surface area contributed by atoms with Gasteiger partial charge in [-0.2, -0.15) is 5.26 Å². The highest BCUT2D eigenvalue weighted by atomic mass is 14.2. The van der Waals surface area contributed by atoms with Gasteiger partial charge in [-0.3, -0.25) is 0 Å². The van der Waals surface area contributed by atoms with Crippen LogP contribution in [0.4, 0.5) is 0 Å². The average Bonchev–Trinajstić information content (AvgIpc) is 2.26. The van der Waals surface area contributed by atoms with Crippen molar-refractivity contribution in [1.29, 1.82) is 5.26 Å². The molecule has 1 heteroatoms. The Morgan fingerprint density at radius 1 is 0.933 bits per heavy atom. The van der Waals surface area contributed by atoms with Crippen molar-refractivity contribution in [1.82, 2.24) is 0 Å². The minimum atomic E-state index is 0.608. The van der Waals surface area contributed by atoms with E-state index in [1.54, 1.807) is 0 Å². The molecule has 0 radical (unpaired) electrons. The van der Waals surface area contributed by atoms with E-state index in [0.717, 1.165) is 6.42 Å². The highest BCUT2D eigenvalue weighted by Gasteiger charge is 1.79. The number of nitrogens with zero attached hydrogens (tertiary/aromatic N) is 1. The Morgan fingerprint density at radius 2 is 1.60 bits per heavy atom. The van der Waals surface area contributed by atoms with E-state index in [1.807, 2.05) is 24.3 Å². The van der Waals surface area contributed by atoms with Gasteiger partial charge in [0.15, 0.2) is 0 Å². The number of unbranched alkanes of at least 4 members (excludes halogenated alkanes) is 4. The summed E-state index contributed by atoms with van der Waals surface area (Å²) in [5.41, 5.74) is 0. The van der Waals surface area contributed by atoms with E-state index in [9.17, 15) is 0 Å². The maximum absolute atomic E-state index is 8.30.